The van der Waals surface area contributed by atoms with Crippen molar-refractivity contribution in [3.63, 3.8) is 0 Å². The van der Waals surface area contributed by atoms with Crippen molar-refractivity contribution < 1.29 is 42.0 Å². The van der Waals surface area contributed by atoms with Crippen LogP contribution in [0.4, 0.5) is 0 Å². The Kier molecular flexibility index (Phi) is 17.9. The van der Waals surface area contributed by atoms with E-state index in [9.17, 15) is 0 Å². The molecule has 0 aliphatic rings. The zero-order chi connectivity index (χ0) is 10.6. The third kappa shape index (κ3) is 14.8. The topological polar surface area (TPSA) is 83.2 Å². The van der Waals surface area contributed by atoms with E-state index in [0.717, 1.165) is 0 Å². The quantitative estimate of drug-likeness (QED) is 0.427. The van der Waals surface area contributed by atoms with E-state index < -0.39 is 8.60 Å². The molecule has 0 saturated heterocycles. The summed E-state index contributed by atoms with van der Waals surface area (Å²) < 4.78 is 19.5. The van der Waals surface area contributed by atoms with Crippen molar-refractivity contribution in [1.29, 1.82) is 0 Å². The average molecular weight is 278 g/mol. The molecule has 0 bridgehead atoms. The van der Waals surface area contributed by atoms with E-state index in [1.54, 1.807) is 0 Å². The van der Waals surface area contributed by atoms with Gasteiger partial charge < -0.3 is 29.1 Å². The second-order valence-corrected chi connectivity index (χ2v) is 3.37. The molecule has 0 amide bonds. The molecule has 1 atom stereocenters. The molecule has 0 aromatic heterocycles. The second-order valence-electron chi connectivity index (χ2n) is 2.27. The SMILES string of the molecule is COP(O)OCCOCCOCCN.[V]. The summed E-state index contributed by atoms with van der Waals surface area (Å²) in [7, 11) is -0.354. The Labute approximate surface area is 103 Å². The van der Waals surface area contributed by atoms with Crippen LogP contribution in [0.5, 0.6) is 0 Å². The van der Waals surface area contributed by atoms with Crippen molar-refractivity contribution in [3.05, 3.63) is 0 Å². The van der Waals surface area contributed by atoms with Gasteiger partial charge in [-0.2, -0.15) is 0 Å². The van der Waals surface area contributed by atoms with Gasteiger partial charge in [-0.3, -0.25) is 0 Å². The maximum absolute atomic E-state index is 8.86. The van der Waals surface area contributed by atoms with Crippen LogP contribution in [0.2, 0.25) is 0 Å². The first-order chi connectivity index (χ1) is 6.81. The van der Waals surface area contributed by atoms with Crippen LogP contribution in [0, 0.1) is 0 Å². The molecule has 0 aromatic carbocycles. The Bertz CT molecular complexity index is 124. The van der Waals surface area contributed by atoms with Crippen molar-refractivity contribution in [2.75, 3.05) is 46.7 Å². The van der Waals surface area contributed by atoms with Gasteiger partial charge in [0.05, 0.1) is 33.0 Å². The van der Waals surface area contributed by atoms with Gasteiger partial charge in [-0.1, -0.05) is 0 Å². The van der Waals surface area contributed by atoms with E-state index in [1.165, 1.54) is 7.11 Å². The number of rotatable bonds is 10. The van der Waals surface area contributed by atoms with E-state index in [0.29, 0.717) is 39.6 Å². The Morgan fingerprint density at radius 1 is 1.07 bits per heavy atom. The Balaban J connectivity index is 0. The molecule has 6 nitrogen and oxygen atoms in total. The van der Waals surface area contributed by atoms with Gasteiger partial charge in [0, 0.05) is 32.2 Å². The molecule has 8 heteroatoms. The fourth-order valence-corrected chi connectivity index (χ4v) is 0.968. The first kappa shape index (κ1) is 18.1. The summed E-state index contributed by atoms with van der Waals surface area (Å²) in [5.41, 5.74) is 5.21. The smallest absolute Gasteiger partial charge is 0.329 e. The minimum absolute atomic E-state index is 0. The Morgan fingerprint density at radius 2 is 1.60 bits per heavy atom. The predicted octanol–water partition coefficient (Wildman–Crippen LogP) is -0.142. The van der Waals surface area contributed by atoms with Gasteiger partial charge in [-0.15, -0.1) is 0 Å². The van der Waals surface area contributed by atoms with Crippen molar-refractivity contribution in [3.8, 4) is 0 Å². The summed E-state index contributed by atoms with van der Waals surface area (Å²) in [4.78, 5) is 8.86. The van der Waals surface area contributed by atoms with E-state index in [-0.39, 0.29) is 18.6 Å². The first-order valence-corrected chi connectivity index (χ1v) is 5.46. The first-order valence-electron chi connectivity index (χ1n) is 4.33. The molecule has 91 valence electrons. The molecule has 0 aliphatic heterocycles. The minimum Gasteiger partial charge on any atom is -0.378 e. The van der Waals surface area contributed by atoms with Crippen molar-refractivity contribution in [2.24, 2.45) is 5.73 Å². The molecule has 1 unspecified atom stereocenters. The van der Waals surface area contributed by atoms with E-state index in [1.807, 2.05) is 0 Å². The second kappa shape index (κ2) is 14.8. The van der Waals surface area contributed by atoms with E-state index in [2.05, 4.69) is 4.52 Å². The standard InChI is InChI=1S/C7H18NO5P.V/c1-10-14(9)13-7-6-12-5-4-11-3-2-8;/h9H,2-8H2,1H3;. The molecular formula is C7H18NO5PV. The van der Waals surface area contributed by atoms with Crippen LogP contribution in [0.3, 0.4) is 0 Å². The molecule has 0 heterocycles. The van der Waals surface area contributed by atoms with Crippen LogP contribution in [-0.2, 0) is 37.1 Å². The Hall–Kier alpha value is 0.774. The monoisotopic (exact) mass is 278 g/mol. The van der Waals surface area contributed by atoms with E-state index >= 15 is 0 Å². The molecule has 3 N–H and O–H groups in total. The maximum atomic E-state index is 8.86. The maximum Gasteiger partial charge on any atom is 0.329 e. The normalized spacial score (nSPS) is 12.2. The molecule has 15 heavy (non-hydrogen) atoms. The van der Waals surface area contributed by atoms with Crippen LogP contribution in [-0.4, -0.2) is 51.6 Å². The molecule has 0 aromatic rings. The third-order valence-electron chi connectivity index (χ3n) is 1.22. The van der Waals surface area contributed by atoms with Gasteiger partial charge in [-0.25, -0.2) is 0 Å². The van der Waals surface area contributed by atoms with Gasteiger partial charge in [0.25, 0.3) is 0 Å². The molecule has 0 fully saturated rings. The van der Waals surface area contributed by atoms with Gasteiger partial charge in [0.1, 0.15) is 0 Å². The zero-order valence-corrected chi connectivity index (χ0v) is 11.1. The van der Waals surface area contributed by atoms with E-state index in [4.69, 9.17) is 24.6 Å². The molecule has 0 spiro atoms. The largest absolute Gasteiger partial charge is 0.378 e. The molecule has 0 aliphatic carbocycles. The van der Waals surface area contributed by atoms with Gasteiger partial charge in [0.2, 0.25) is 0 Å². The van der Waals surface area contributed by atoms with Crippen molar-refractivity contribution >= 4 is 8.60 Å². The number of hydrogen-bond acceptors (Lipinski definition) is 6. The molecule has 0 rings (SSSR count). The molecule has 1 radical (unpaired) electrons. The fraction of sp³-hybridized carbons (Fsp3) is 1.00. The van der Waals surface area contributed by atoms with Crippen LogP contribution in [0.1, 0.15) is 0 Å². The van der Waals surface area contributed by atoms with Crippen LogP contribution < -0.4 is 5.73 Å². The average Bonchev–Trinajstić information content (AvgIpc) is 2.21. The van der Waals surface area contributed by atoms with Gasteiger partial charge in [-0.05, 0) is 0 Å². The molecular weight excluding hydrogens is 260 g/mol. The number of ether oxygens (including phenoxy) is 2. The summed E-state index contributed by atoms with van der Waals surface area (Å²) in [6.45, 7) is 2.81. The van der Waals surface area contributed by atoms with Crippen LogP contribution in [0.15, 0.2) is 0 Å². The summed E-state index contributed by atoms with van der Waals surface area (Å²) in [5.74, 6) is 0. The number of nitrogens with two attached hydrogens (primary N) is 1. The Morgan fingerprint density at radius 3 is 2.13 bits per heavy atom. The van der Waals surface area contributed by atoms with Gasteiger partial charge >= 0.3 is 8.60 Å². The zero-order valence-electron chi connectivity index (χ0n) is 8.79. The van der Waals surface area contributed by atoms with Crippen molar-refractivity contribution in [2.45, 2.75) is 0 Å². The van der Waals surface area contributed by atoms with Crippen molar-refractivity contribution in [1.82, 2.24) is 0 Å². The van der Waals surface area contributed by atoms with Crippen LogP contribution in [0.25, 0.3) is 0 Å². The third-order valence-corrected chi connectivity index (χ3v) is 1.94. The minimum atomic E-state index is -1.74. The summed E-state index contributed by atoms with van der Waals surface area (Å²) >= 11 is 0. The summed E-state index contributed by atoms with van der Waals surface area (Å²) in [6, 6.07) is 0. The summed E-state index contributed by atoms with van der Waals surface area (Å²) in [6.07, 6.45) is 0. The van der Waals surface area contributed by atoms with Gasteiger partial charge in [0.15, 0.2) is 0 Å². The van der Waals surface area contributed by atoms with Crippen LogP contribution >= 0.6 is 8.60 Å². The molecule has 0 saturated carbocycles. The predicted molar refractivity (Wildman–Crippen MR) is 52.8 cm³/mol. The summed E-state index contributed by atoms with van der Waals surface area (Å²) in [5, 5.41) is 0. The fourth-order valence-electron chi connectivity index (χ4n) is 0.632. The number of hydrogen-bond donors (Lipinski definition) is 2.